The molecule has 126 valence electrons. The van der Waals surface area contributed by atoms with Gasteiger partial charge in [0.15, 0.2) is 0 Å². The molecule has 0 aliphatic heterocycles. The van der Waals surface area contributed by atoms with E-state index in [0.29, 0.717) is 21.9 Å². The molecule has 24 heavy (non-hydrogen) atoms. The number of hydrogen-bond donors (Lipinski definition) is 1. The summed E-state index contributed by atoms with van der Waals surface area (Å²) in [4.78, 5) is 12.1. The van der Waals surface area contributed by atoms with E-state index in [4.69, 9.17) is 16.3 Å². The number of rotatable bonds is 5. The molecule has 5 nitrogen and oxygen atoms in total. The van der Waals surface area contributed by atoms with Gasteiger partial charge in [0.05, 0.1) is 12.5 Å². The van der Waals surface area contributed by atoms with Crippen LogP contribution in [-0.2, 0) is 10.0 Å². The van der Waals surface area contributed by atoms with Crippen molar-refractivity contribution in [3.63, 3.8) is 0 Å². The van der Waals surface area contributed by atoms with E-state index in [1.165, 1.54) is 25.3 Å². The summed E-state index contributed by atoms with van der Waals surface area (Å²) in [5, 5.41) is 1.40. The standard InChI is InChI=1S/C17H16ClNO4S/c1-12-11-14(18)7-8-15(12)17(20)19-24(21,22)10-9-13-5-3-4-6-16(13)23-2/h3-11H,1-2H3,(H,19,20). The smallest absolute Gasteiger partial charge is 0.265 e. The Bertz CT molecular complexity index is 891. The van der Waals surface area contributed by atoms with Crippen LogP contribution in [0.3, 0.4) is 0 Å². The van der Waals surface area contributed by atoms with E-state index in [1.54, 1.807) is 37.3 Å². The van der Waals surface area contributed by atoms with E-state index in [1.807, 2.05) is 4.72 Å². The number of methoxy groups -OCH3 is 1. The monoisotopic (exact) mass is 365 g/mol. The van der Waals surface area contributed by atoms with Crippen LogP contribution in [0.5, 0.6) is 5.75 Å². The maximum Gasteiger partial charge on any atom is 0.265 e. The maximum absolute atomic E-state index is 12.1. The normalized spacial score (nSPS) is 11.5. The minimum atomic E-state index is -3.95. The van der Waals surface area contributed by atoms with Crippen molar-refractivity contribution in [2.24, 2.45) is 0 Å². The molecule has 0 fully saturated rings. The zero-order valence-corrected chi connectivity index (χ0v) is 14.7. The first-order chi connectivity index (χ1) is 11.3. The lowest BCUT2D eigenvalue weighted by molar-refractivity contribution is 0.0981. The van der Waals surface area contributed by atoms with Crippen molar-refractivity contribution in [2.45, 2.75) is 6.92 Å². The van der Waals surface area contributed by atoms with Crippen LogP contribution in [0.2, 0.25) is 5.02 Å². The molecule has 0 aliphatic rings. The van der Waals surface area contributed by atoms with Crippen molar-refractivity contribution in [2.75, 3.05) is 7.11 Å². The molecule has 0 radical (unpaired) electrons. The number of sulfonamides is 1. The number of carbonyl (C=O) groups excluding carboxylic acids is 1. The summed E-state index contributed by atoms with van der Waals surface area (Å²) in [5.41, 5.74) is 1.41. The number of para-hydroxylation sites is 1. The van der Waals surface area contributed by atoms with Gasteiger partial charge >= 0.3 is 0 Å². The molecule has 0 unspecified atom stereocenters. The molecule has 0 aromatic heterocycles. The van der Waals surface area contributed by atoms with Crippen molar-refractivity contribution in [1.29, 1.82) is 0 Å². The minimum Gasteiger partial charge on any atom is -0.496 e. The van der Waals surface area contributed by atoms with Gasteiger partial charge in [0.1, 0.15) is 5.75 Å². The summed E-state index contributed by atoms with van der Waals surface area (Å²) in [5.74, 6) is -0.183. The number of amides is 1. The lowest BCUT2D eigenvalue weighted by Crippen LogP contribution is -2.29. The fraction of sp³-hybridized carbons (Fsp3) is 0.118. The molecule has 7 heteroatoms. The fourth-order valence-electron chi connectivity index (χ4n) is 2.07. The van der Waals surface area contributed by atoms with Gasteiger partial charge in [-0.15, -0.1) is 0 Å². The number of carbonyl (C=O) groups is 1. The zero-order valence-electron chi connectivity index (χ0n) is 13.1. The number of nitrogens with one attached hydrogen (secondary N) is 1. The molecule has 0 saturated heterocycles. The van der Waals surface area contributed by atoms with Crippen molar-refractivity contribution in [3.05, 3.63) is 69.6 Å². The molecule has 0 heterocycles. The fourth-order valence-corrected chi connectivity index (χ4v) is 3.06. The Labute approximate surface area is 146 Å². The number of benzene rings is 2. The number of ether oxygens (including phenoxy) is 1. The Kier molecular flexibility index (Phi) is 5.64. The maximum atomic E-state index is 12.1. The average Bonchev–Trinajstić information content (AvgIpc) is 2.52. The molecule has 1 amide bonds. The van der Waals surface area contributed by atoms with Crippen LogP contribution < -0.4 is 9.46 Å². The molecular weight excluding hydrogens is 350 g/mol. The van der Waals surface area contributed by atoms with Crippen molar-refractivity contribution in [3.8, 4) is 5.75 Å². The van der Waals surface area contributed by atoms with Gasteiger partial charge in [0.2, 0.25) is 0 Å². The minimum absolute atomic E-state index is 0.244. The number of halogens is 1. The van der Waals surface area contributed by atoms with Gasteiger partial charge in [-0.3, -0.25) is 4.79 Å². The molecule has 0 aliphatic carbocycles. The van der Waals surface area contributed by atoms with Crippen LogP contribution in [0, 0.1) is 6.92 Å². The first-order valence-electron chi connectivity index (χ1n) is 6.97. The Balaban J connectivity index is 2.19. The highest BCUT2D eigenvalue weighted by atomic mass is 35.5. The second-order valence-corrected chi connectivity index (χ2v) is 6.98. The Morgan fingerprint density at radius 2 is 1.92 bits per heavy atom. The van der Waals surface area contributed by atoms with Gasteiger partial charge in [-0.1, -0.05) is 29.8 Å². The molecule has 0 bridgehead atoms. The highest BCUT2D eigenvalue weighted by Crippen LogP contribution is 2.19. The van der Waals surface area contributed by atoms with Crippen molar-refractivity contribution >= 4 is 33.6 Å². The first-order valence-corrected chi connectivity index (χ1v) is 8.89. The van der Waals surface area contributed by atoms with Crippen LogP contribution in [-0.4, -0.2) is 21.4 Å². The average molecular weight is 366 g/mol. The van der Waals surface area contributed by atoms with Crippen LogP contribution >= 0.6 is 11.6 Å². The molecule has 2 aromatic carbocycles. The highest BCUT2D eigenvalue weighted by molar-refractivity contribution is 7.93. The molecule has 0 atom stereocenters. The van der Waals surface area contributed by atoms with Crippen molar-refractivity contribution < 1.29 is 17.9 Å². The lowest BCUT2D eigenvalue weighted by Gasteiger charge is -2.07. The molecule has 0 spiro atoms. The third kappa shape index (κ3) is 4.59. The van der Waals surface area contributed by atoms with Crippen LogP contribution in [0.4, 0.5) is 0 Å². The van der Waals surface area contributed by atoms with E-state index in [9.17, 15) is 13.2 Å². The quantitative estimate of drug-likeness (QED) is 0.881. The molecule has 0 saturated carbocycles. The predicted molar refractivity (Wildman–Crippen MR) is 94.6 cm³/mol. The first kappa shape index (κ1) is 18.0. The van der Waals surface area contributed by atoms with Gasteiger partial charge in [-0.2, -0.15) is 0 Å². The van der Waals surface area contributed by atoms with Crippen LogP contribution in [0.15, 0.2) is 47.9 Å². The van der Waals surface area contributed by atoms with Gasteiger partial charge < -0.3 is 4.74 Å². The van der Waals surface area contributed by atoms with Gasteiger partial charge in [-0.25, -0.2) is 13.1 Å². The zero-order chi connectivity index (χ0) is 17.7. The number of hydrogen-bond acceptors (Lipinski definition) is 4. The van der Waals surface area contributed by atoms with Gasteiger partial charge in [0, 0.05) is 16.1 Å². The van der Waals surface area contributed by atoms with E-state index in [0.717, 1.165) is 5.41 Å². The molecule has 1 N–H and O–H groups in total. The van der Waals surface area contributed by atoms with E-state index < -0.39 is 15.9 Å². The highest BCUT2D eigenvalue weighted by Gasteiger charge is 2.15. The summed E-state index contributed by atoms with van der Waals surface area (Å²) in [6.45, 7) is 1.68. The topological polar surface area (TPSA) is 72.5 Å². The largest absolute Gasteiger partial charge is 0.496 e. The molecular formula is C17H16ClNO4S. The van der Waals surface area contributed by atoms with Gasteiger partial charge in [-0.05, 0) is 42.8 Å². The third-order valence-electron chi connectivity index (χ3n) is 3.23. The number of aryl methyl sites for hydroxylation is 1. The summed E-state index contributed by atoms with van der Waals surface area (Å²) >= 11 is 5.83. The second-order valence-electron chi connectivity index (χ2n) is 4.98. The van der Waals surface area contributed by atoms with E-state index in [2.05, 4.69) is 0 Å². The third-order valence-corrected chi connectivity index (χ3v) is 4.43. The Morgan fingerprint density at radius 1 is 1.21 bits per heavy atom. The summed E-state index contributed by atoms with van der Waals surface area (Å²) in [6.07, 6.45) is 1.36. The lowest BCUT2D eigenvalue weighted by atomic mass is 10.1. The summed E-state index contributed by atoms with van der Waals surface area (Å²) in [6, 6.07) is 11.5. The predicted octanol–water partition coefficient (Wildman–Crippen LogP) is 3.39. The molecule has 2 aromatic rings. The second kappa shape index (κ2) is 7.51. The van der Waals surface area contributed by atoms with Crippen LogP contribution in [0.1, 0.15) is 21.5 Å². The van der Waals surface area contributed by atoms with E-state index >= 15 is 0 Å². The van der Waals surface area contributed by atoms with E-state index in [-0.39, 0.29) is 5.56 Å². The van der Waals surface area contributed by atoms with Crippen LogP contribution in [0.25, 0.3) is 6.08 Å². The Hall–Kier alpha value is -2.31. The molecule has 2 rings (SSSR count). The summed E-state index contributed by atoms with van der Waals surface area (Å²) < 4.78 is 31.3. The van der Waals surface area contributed by atoms with Crippen molar-refractivity contribution in [1.82, 2.24) is 4.72 Å². The Morgan fingerprint density at radius 3 is 2.58 bits per heavy atom. The summed E-state index contributed by atoms with van der Waals surface area (Å²) in [7, 11) is -2.46. The van der Waals surface area contributed by atoms with Gasteiger partial charge in [0.25, 0.3) is 15.9 Å². The SMILES string of the molecule is COc1ccccc1C=CS(=O)(=O)NC(=O)c1ccc(Cl)cc1C.